The van der Waals surface area contributed by atoms with Crippen LogP contribution >= 0.6 is 11.3 Å². The Balaban J connectivity index is 1.90. The highest BCUT2D eigenvalue weighted by Crippen LogP contribution is 2.53. The summed E-state index contributed by atoms with van der Waals surface area (Å²) in [6.07, 6.45) is 1.33. The van der Waals surface area contributed by atoms with Crippen molar-refractivity contribution in [1.82, 2.24) is 0 Å². The predicted octanol–water partition coefficient (Wildman–Crippen LogP) is 5.51. The third-order valence-electron chi connectivity index (χ3n) is 5.23. The lowest BCUT2D eigenvalue weighted by atomic mass is 9.86. The second-order valence-electron chi connectivity index (χ2n) is 7.03. The monoisotopic (exact) mass is 410 g/mol. The Kier molecular flexibility index (Phi) is 4.96. The molecule has 1 heterocycles. The van der Waals surface area contributed by atoms with Crippen LogP contribution in [0.1, 0.15) is 35.7 Å². The van der Waals surface area contributed by atoms with Gasteiger partial charge in [-0.3, -0.25) is 4.79 Å². The minimum atomic E-state index is -1.18. The van der Waals surface area contributed by atoms with Crippen LogP contribution in [0, 0.1) is 5.13 Å². The largest absolute Gasteiger partial charge is 0.478 e. The molecule has 0 aliphatic heterocycles. The van der Waals surface area contributed by atoms with Crippen LogP contribution in [0.15, 0.2) is 54.6 Å². The molecule has 1 aromatic heterocycles. The first-order valence-electron chi connectivity index (χ1n) is 9.36. The van der Waals surface area contributed by atoms with E-state index in [0.29, 0.717) is 29.9 Å². The fourth-order valence-corrected chi connectivity index (χ4v) is 4.54. The Morgan fingerprint density at radius 2 is 1.83 bits per heavy atom. The Hall–Kier alpha value is -2.99. The van der Waals surface area contributed by atoms with Crippen LogP contribution in [0.3, 0.4) is 0 Å². The molecule has 0 unspecified atom stereocenters. The van der Waals surface area contributed by atoms with Crippen LogP contribution in [-0.2, 0) is 14.9 Å². The van der Waals surface area contributed by atoms with Gasteiger partial charge in [-0.15, -0.1) is 11.3 Å². The minimum Gasteiger partial charge on any atom is -0.478 e. The Labute approximate surface area is 171 Å². The average molecular weight is 410 g/mol. The zero-order chi connectivity index (χ0) is 20.6. The number of carbonyl (C=O) groups is 2. The second kappa shape index (κ2) is 7.44. The molecule has 1 saturated carbocycles. The number of thiophene rings is 1. The van der Waals surface area contributed by atoms with E-state index in [1.807, 2.05) is 42.5 Å². The SMILES string of the molecule is CCOC(=O)C1(c2cc(-c3sc(F)cc3C(=O)O)ccc2-c2ccccc2)CC1. The van der Waals surface area contributed by atoms with Crippen molar-refractivity contribution in [3.8, 4) is 21.6 Å². The summed E-state index contributed by atoms with van der Waals surface area (Å²) < 4.78 is 19.2. The van der Waals surface area contributed by atoms with Crippen LogP contribution in [-0.4, -0.2) is 23.7 Å². The first-order valence-corrected chi connectivity index (χ1v) is 10.2. The lowest BCUT2D eigenvalue weighted by Crippen LogP contribution is -2.24. The maximum Gasteiger partial charge on any atom is 0.337 e. The van der Waals surface area contributed by atoms with Crippen molar-refractivity contribution in [2.75, 3.05) is 6.61 Å². The van der Waals surface area contributed by atoms with Gasteiger partial charge in [0.05, 0.1) is 22.5 Å². The molecule has 0 bridgehead atoms. The van der Waals surface area contributed by atoms with Gasteiger partial charge in [-0.2, -0.15) is 4.39 Å². The van der Waals surface area contributed by atoms with Crippen molar-refractivity contribution in [3.63, 3.8) is 0 Å². The quantitative estimate of drug-likeness (QED) is 0.544. The number of esters is 1. The standard InChI is InChI=1S/C23H19FO4S/c1-2-28-22(27)23(10-11-23)18-12-15(20-17(21(25)26)13-19(24)29-20)8-9-16(18)14-6-4-3-5-7-14/h3-9,12-13H,2,10-11H2,1H3,(H,25,26). The van der Waals surface area contributed by atoms with Gasteiger partial charge in [0.2, 0.25) is 0 Å². The highest BCUT2D eigenvalue weighted by molar-refractivity contribution is 7.14. The molecular formula is C23H19FO4S. The average Bonchev–Trinajstić information content (AvgIpc) is 3.44. The number of carboxylic acid groups (broad SMARTS) is 1. The zero-order valence-electron chi connectivity index (χ0n) is 15.8. The van der Waals surface area contributed by atoms with Crippen molar-refractivity contribution < 1.29 is 23.8 Å². The van der Waals surface area contributed by atoms with Crippen molar-refractivity contribution in [3.05, 3.63) is 70.9 Å². The van der Waals surface area contributed by atoms with Crippen molar-refractivity contribution in [1.29, 1.82) is 0 Å². The van der Waals surface area contributed by atoms with E-state index in [9.17, 15) is 19.1 Å². The molecule has 1 aliphatic carbocycles. The van der Waals surface area contributed by atoms with Gasteiger partial charge in [-0.05, 0) is 48.1 Å². The third-order valence-corrected chi connectivity index (χ3v) is 6.20. The fourth-order valence-electron chi connectivity index (χ4n) is 3.66. The molecule has 29 heavy (non-hydrogen) atoms. The van der Waals surface area contributed by atoms with Crippen molar-refractivity contribution in [2.45, 2.75) is 25.2 Å². The number of rotatable bonds is 6. The fraction of sp³-hybridized carbons (Fsp3) is 0.217. The van der Waals surface area contributed by atoms with Crippen LogP contribution in [0.25, 0.3) is 21.6 Å². The maximum atomic E-state index is 13.8. The molecule has 0 saturated heterocycles. The van der Waals surface area contributed by atoms with Gasteiger partial charge in [0.15, 0.2) is 5.13 Å². The highest BCUT2D eigenvalue weighted by atomic mass is 32.1. The molecular weight excluding hydrogens is 391 g/mol. The van der Waals surface area contributed by atoms with Crippen LogP contribution in [0.5, 0.6) is 0 Å². The Bertz CT molecular complexity index is 1080. The van der Waals surface area contributed by atoms with Gasteiger partial charge in [0.25, 0.3) is 0 Å². The normalized spacial score (nSPS) is 14.4. The van der Waals surface area contributed by atoms with Gasteiger partial charge >= 0.3 is 11.9 Å². The van der Waals surface area contributed by atoms with E-state index in [2.05, 4.69) is 0 Å². The smallest absolute Gasteiger partial charge is 0.337 e. The molecule has 1 aliphatic rings. The molecule has 2 aromatic carbocycles. The van der Waals surface area contributed by atoms with Gasteiger partial charge in [-0.1, -0.05) is 42.5 Å². The van der Waals surface area contributed by atoms with Crippen LogP contribution < -0.4 is 0 Å². The van der Waals surface area contributed by atoms with E-state index in [1.54, 1.807) is 13.0 Å². The topological polar surface area (TPSA) is 63.6 Å². The van der Waals surface area contributed by atoms with E-state index in [-0.39, 0.29) is 11.5 Å². The third kappa shape index (κ3) is 3.44. The van der Waals surface area contributed by atoms with Crippen LogP contribution in [0.4, 0.5) is 4.39 Å². The Morgan fingerprint density at radius 3 is 2.45 bits per heavy atom. The van der Waals surface area contributed by atoms with Gasteiger partial charge in [0.1, 0.15) is 0 Å². The van der Waals surface area contributed by atoms with Gasteiger partial charge < -0.3 is 9.84 Å². The highest BCUT2D eigenvalue weighted by Gasteiger charge is 2.54. The van der Waals surface area contributed by atoms with E-state index < -0.39 is 16.5 Å². The summed E-state index contributed by atoms with van der Waals surface area (Å²) >= 11 is 0.792. The van der Waals surface area contributed by atoms with Crippen molar-refractivity contribution >= 4 is 23.3 Å². The molecule has 1 N–H and O–H groups in total. The molecule has 4 nitrogen and oxygen atoms in total. The zero-order valence-corrected chi connectivity index (χ0v) is 16.6. The lowest BCUT2D eigenvalue weighted by Gasteiger charge is -2.20. The number of carboxylic acids is 1. The number of hydrogen-bond donors (Lipinski definition) is 1. The number of hydrogen-bond acceptors (Lipinski definition) is 4. The van der Waals surface area contributed by atoms with Crippen molar-refractivity contribution in [2.24, 2.45) is 0 Å². The lowest BCUT2D eigenvalue weighted by molar-refractivity contribution is -0.146. The predicted molar refractivity (Wildman–Crippen MR) is 110 cm³/mol. The molecule has 0 atom stereocenters. The molecule has 1 fully saturated rings. The number of ether oxygens (including phenoxy) is 1. The summed E-state index contributed by atoms with van der Waals surface area (Å²) in [5.41, 5.74) is 2.42. The molecule has 6 heteroatoms. The first-order chi connectivity index (χ1) is 14.0. The molecule has 148 valence electrons. The summed E-state index contributed by atoms with van der Waals surface area (Å²) in [5.74, 6) is -1.45. The molecule has 4 rings (SSSR count). The summed E-state index contributed by atoms with van der Waals surface area (Å²) in [4.78, 5) is 24.7. The molecule has 0 spiro atoms. The minimum absolute atomic E-state index is 0.0770. The first kappa shape index (κ1) is 19.3. The number of benzene rings is 2. The Morgan fingerprint density at radius 1 is 1.10 bits per heavy atom. The second-order valence-corrected chi connectivity index (χ2v) is 8.03. The summed E-state index contributed by atoms with van der Waals surface area (Å²) in [6.45, 7) is 2.07. The van der Waals surface area contributed by atoms with Gasteiger partial charge in [-0.25, -0.2) is 4.79 Å². The molecule has 3 aromatic rings. The van der Waals surface area contributed by atoms with E-state index >= 15 is 0 Å². The van der Waals surface area contributed by atoms with Gasteiger partial charge in [0, 0.05) is 6.07 Å². The molecule has 0 radical (unpaired) electrons. The number of carbonyl (C=O) groups excluding carboxylic acids is 1. The van der Waals surface area contributed by atoms with E-state index in [4.69, 9.17) is 4.74 Å². The maximum absolute atomic E-state index is 13.8. The van der Waals surface area contributed by atoms with E-state index in [1.165, 1.54) is 0 Å². The van der Waals surface area contributed by atoms with Crippen LogP contribution in [0.2, 0.25) is 0 Å². The number of halogens is 1. The summed E-state index contributed by atoms with van der Waals surface area (Å²) in [7, 11) is 0. The number of aromatic carboxylic acids is 1. The summed E-state index contributed by atoms with van der Waals surface area (Å²) in [6, 6.07) is 16.2. The molecule has 0 amide bonds. The summed E-state index contributed by atoms with van der Waals surface area (Å²) in [5, 5.41) is 8.88. The van der Waals surface area contributed by atoms with E-state index in [0.717, 1.165) is 34.1 Å².